The lowest BCUT2D eigenvalue weighted by Crippen LogP contribution is -2.11. The molecule has 1 amide bonds. The molecule has 2 aromatic rings. The van der Waals surface area contributed by atoms with E-state index in [1.165, 1.54) is 0 Å². The Morgan fingerprint density at radius 1 is 1.47 bits per heavy atom. The lowest BCUT2D eigenvalue weighted by atomic mass is 10.0. The van der Waals surface area contributed by atoms with Crippen LogP contribution in [0.5, 0.6) is 0 Å². The minimum Gasteiger partial charge on any atom is -0.396 e. The third-order valence-electron chi connectivity index (χ3n) is 2.61. The minimum atomic E-state index is -0.414. The number of benzene rings is 1. The van der Waals surface area contributed by atoms with E-state index < -0.39 is 5.91 Å². The van der Waals surface area contributed by atoms with Gasteiger partial charge in [0.25, 0.3) is 0 Å². The number of nitrogens with zero attached hydrogens (tertiary/aromatic N) is 2. The number of rotatable bonds is 3. The van der Waals surface area contributed by atoms with Gasteiger partial charge in [0.15, 0.2) is 0 Å². The molecular weight excluding hydrogens is 216 g/mol. The number of aryl methyl sites for hydroxylation is 1. The summed E-state index contributed by atoms with van der Waals surface area (Å²) in [5.41, 5.74) is 14.1. The van der Waals surface area contributed by atoms with E-state index in [0.29, 0.717) is 17.8 Å². The highest BCUT2D eigenvalue weighted by molar-refractivity contribution is 5.93. The SMILES string of the molecule is Cc1cc(C(N)=O)ccc1Cn1cc(N)cn1. The summed E-state index contributed by atoms with van der Waals surface area (Å²) >= 11 is 0. The Kier molecular flexibility index (Phi) is 2.82. The van der Waals surface area contributed by atoms with Crippen molar-refractivity contribution in [3.05, 3.63) is 47.3 Å². The molecule has 0 aliphatic carbocycles. The van der Waals surface area contributed by atoms with Crippen LogP contribution in [0.1, 0.15) is 21.5 Å². The molecule has 0 radical (unpaired) electrons. The van der Waals surface area contributed by atoms with Gasteiger partial charge in [-0.05, 0) is 30.2 Å². The maximum atomic E-state index is 11.0. The van der Waals surface area contributed by atoms with Crippen molar-refractivity contribution in [3.8, 4) is 0 Å². The quantitative estimate of drug-likeness (QED) is 0.822. The Bertz CT molecular complexity index is 559. The Hall–Kier alpha value is -2.30. The van der Waals surface area contributed by atoms with Crippen molar-refractivity contribution in [1.82, 2.24) is 9.78 Å². The Morgan fingerprint density at radius 3 is 2.76 bits per heavy atom. The van der Waals surface area contributed by atoms with Gasteiger partial charge in [0.1, 0.15) is 0 Å². The van der Waals surface area contributed by atoms with Crippen LogP contribution in [0.15, 0.2) is 30.6 Å². The molecule has 0 saturated carbocycles. The maximum Gasteiger partial charge on any atom is 0.248 e. The molecule has 0 saturated heterocycles. The average Bonchev–Trinajstić information content (AvgIpc) is 2.67. The van der Waals surface area contributed by atoms with E-state index in [1.54, 1.807) is 29.2 Å². The highest BCUT2D eigenvalue weighted by atomic mass is 16.1. The van der Waals surface area contributed by atoms with Gasteiger partial charge in [-0.15, -0.1) is 0 Å². The third-order valence-corrected chi connectivity index (χ3v) is 2.61. The molecule has 0 bridgehead atoms. The number of amides is 1. The van der Waals surface area contributed by atoms with Gasteiger partial charge in [0.05, 0.1) is 18.4 Å². The Labute approximate surface area is 99.0 Å². The molecule has 17 heavy (non-hydrogen) atoms. The van der Waals surface area contributed by atoms with Crippen molar-refractivity contribution in [2.24, 2.45) is 5.73 Å². The first-order valence-electron chi connectivity index (χ1n) is 5.23. The van der Waals surface area contributed by atoms with Gasteiger partial charge in [-0.2, -0.15) is 5.10 Å². The molecule has 88 valence electrons. The molecule has 1 aromatic heterocycles. The Morgan fingerprint density at radius 2 is 2.24 bits per heavy atom. The van der Waals surface area contributed by atoms with Crippen LogP contribution >= 0.6 is 0 Å². The summed E-state index contributed by atoms with van der Waals surface area (Å²) in [5.74, 6) is -0.414. The summed E-state index contributed by atoms with van der Waals surface area (Å²) in [6.45, 7) is 2.57. The van der Waals surface area contributed by atoms with Crippen LogP contribution in [0.3, 0.4) is 0 Å². The monoisotopic (exact) mass is 230 g/mol. The lowest BCUT2D eigenvalue weighted by Gasteiger charge is -2.07. The number of nitrogen functional groups attached to an aromatic ring is 1. The molecule has 0 aliphatic rings. The number of primary amides is 1. The van der Waals surface area contributed by atoms with Crippen molar-refractivity contribution in [2.45, 2.75) is 13.5 Å². The molecule has 5 nitrogen and oxygen atoms in total. The van der Waals surface area contributed by atoms with E-state index in [2.05, 4.69) is 5.10 Å². The first-order chi connectivity index (χ1) is 8.06. The number of nitrogens with two attached hydrogens (primary N) is 2. The predicted octanol–water partition coefficient (Wildman–Crippen LogP) is 0.921. The largest absolute Gasteiger partial charge is 0.396 e. The van der Waals surface area contributed by atoms with Gasteiger partial charge in [0, 0.05) is 11.8 Å². The first kappa shape index (κ1) is 11.2. The fourth-order valence-corrected chi connectivity index (χ4v) is 1.67. The molecule has 0 aliphatic heterocycles. The number of anilines is 1. The number of carbonyl (C=O) groups is 1. The normalized spacial score (nSPS) is 10.4. The zero-order chi connectivity index (χ0) is 12.4. The molecule has 4 N–H and O–H groups in total. The second-order valence-corrected chi connectivity index (χ2v) is 3.98. The van der Waals surface area contributed by atoms with E-state index in [-0.39, 0.29) is 0 Å². The van der Waals surface area contributed by atoms with Crippen molar-refractivity contribution in [1.29, 1.82) is 0 Å². The molecule has 0 spiro atoms. The van der Waals surface area contributed by atoms with E-state index in [0.717, 1.165) is 11.1 Å². The van der Waals surface area contributed by atoms with E-state index in [4.69, 9.17) is 11.5 Å². The summed E-state index contributed by atoms with van der Waals surface area (Å²) in [6, 6.07) is 5.38. The number of carbonyl (C=O) groups excluding carboxylic acids is 1. The molecule has 0 fully saturated rings. The van der Waals surface area contributed by atoms with E-state index >= 15 is 0 Å². The predicted molar refractivity (Wildman–Crippen MR) is 65.4 cm³/mol. The molecule has 1 heterocycles. The number of aromatic nitrogens is 2. The van der Waals surface area contributed by atoms with Crippen LogP contribution in [0.4, 0.5) is 5.69 Å². The molecule has 2 rings (SSSR count). The Balaban J connectivity index is 2.25. The lowest BCUT2D eigenvalue weighted by molar-refractivity contribution is 0.1000. The topological polar surface area (TPSA) is 86.9 Å². The average molecular weight is 230 g/mol. The highest BCUT2D eigenvalue weighted by Crippen LogP contribution is 2.13. The standard InChI is InChI=1S/C12H14N4O/c1-8-4-9(12(14)17)2-3-10(8)6-16-7-11(13)5-15-16/h2-5,7H,6,13H2,1H3,(H2,14,17). The second kappa shape index (κ2) is 4.29. The number of hydrogen-bond donors (Lipinski definition) is 2. The summed E-state index contributed by atoms with van der Waals surface area (Å²) in [4.78, 5) is 11.0. The van der Waals surface area contributed by atoms with Crippen molar-refractivity contribution in [3.63, 3.8) is 0 Å². The molecule has 0 unspecified atom stereocenters. The van der Waals surface area contributed by atoms with Gasteiger partial charge < -0.3 is 11.5 Å². The first-order valence-corrected chi connectivity index (χ1v) is 5.23. The fraction of sp³-hybridized carbons (Fsp3) is 0.167. The fourth-order valence-electron chi connectivity index (χ4n) is 1.67. The van der Waals surface area contributed by atoms with Crippen LogP contribution < -0.4 is 11.5 Å². The second-order valence-electron chi connectivity index (χ2n) is 3.98. The third kappa shape index (κ3) is 2.44. The summed E-state index contributed by atoms with van der Waals surface area (Å²) in [6.07, 6.45) is 3.37. The number of hydrogen-bond acceptors (Lipinski definition) is 3. The van der Waals surface area contributed by atoms with Gasteiger partial charge in [0.2, 0.25) is 5.91 Å². The zero-order valence-electron chi connectivity index (χ0n) is 9.55. The summed E-state index contributed by atoms with van der Waals surface area (Å²) in [5, 5.41) is 4.11. The summed E-state index contributed by atoms with van der Waals surface area (Å²) < 4.78 is 1.75. The van der Waals surface area contributed by atoms with Gasteiger partial charge >= 0.3 is 0 Å². The highest BCUT2D eigenvalue weighted by Gasteiger charge is 2.05. The van der Waals surface area contributed by atoms with Gasteiger partial charge in [-0.3, -0.25) is 9.48 Å². The van der Waals surface area contributed by atoms with Gasteiger partial charge in [-0.25, -0.2) is 0 Å². The van der Waals surface area contributed by atoms with Crippen LogP contribution in [0.25, 0.3) is 0 Å². The maximum absolute atomic E-state index is 11.0. The molecule has 0 atom stereocenters. The minimum absolute atomic E-state index is 0.414. The molecular formula is C12H14N4O. The van der Waals surface area contributed by atoms with Crippen LogP contribution in [-0.4, -0.2) is 15.7 Å². The summed E-state index contributed by atoms with van der Waals surface area (Å²) in [7, 11) is 0. The van der Waals surface area contributed by atoms with Crippen molar-refractivity contribution < 1.29 is 4.79 Å². The van der Waals surface area contributed by atoms with E-state index in [1.807, 2.05) is 13.0 Å². The molecule has 5 heteroatoms. The van der Waals surface area contributed by atoms with E-state index in [9.17, 15) is 4.79 Å². The smallest absolute Gasteiger partial charge is 0.248 e. The zero-order valence-corrected chi connectivity index (χ0v) is 9.55. The van der Waals surface area contributed by atoms with Crippen LogP contribution in [0.2, 0.25) is 0 Å². The van der Waals surface area contributed by atoms with Gasteiger partial charge in [-0.1, -0.05) is 6.07 Å². The van der Waals surface area contributed by atoms with Crippen molar-refractivity contribution >= 4 is 11.6 Å². The van der Waals surface area contributed by atoms with Crippen molar-refractivity contribution in [2.75, 3.05) is 5.73 Å². The molecule has 1 aromatic carbocycles. The van der Waals surface area contributed by atoms with Crippen LogP contribution in [0, 0.1) is 6.92 Å². The van der Waals surface area contributed by atoms with Crippen LogP contribution in [-0.2, 0) is 6.54 Å².